The molecule has 0 bridgehead atoms. The molecule has 0 aromatic carbocycles. The monoisotopic (exact) mass is 253 g/mol. The highest BCUT2D eigenvalue weighted by molar-refractivity contribution is 5.75. The van der Waals surface area contributed by atoms with E-state index in [0.717, 1.165) is 51.6 Å². The van der Waals surface area contributed by atoms with Crippen LogP contribution in [0.4, 0.5) is 0 Å². The van der Waals surface area contributed by atoms with Crippen molar-refractivity contribution >= 4 is 5.91 Å². The summed E-state index contributed by atoms with van der Waals surface area (Å²) in [6, 6.07) is 0. The molecule has 1 aliphatic heterocycles. The summed E-state index contributed by atoms with van der Waals surface area (Å²) < 4.78 is 0. The molecule has 1 heterocycles. The van der Waals surface area contributed by atoms with E-state index >= 15 is 0 Å². The quantitative estimate of drug-likeness (QED) is 0.765. The van der Waals surface area contributed by atoms with Gasteiger partial charge in [0.25, 0.3) is 0 Å². The third-order valence-corrected chi connectivity index (χ3v) is 4.26. The van der Waals surface area contributed by atoms with Gasteiger partial charge in [-0.25, -0.2) is 0 Å². The summed E-state index contributed by atoms with van der Waals surface area (Å²) >= 11 is 0. The Balaban J connectivity index is 1.55. The highest BCUT2D eigenvalue weighted by Crippen LogP contribution is 2.26. The predicted molar refractivity (Wildman–Crippen MR) is 73.5 cm³/mol. The molecule has 0 unspecified atom stereocenters. The van der Waals surface area contributed by atoms with E-state index in [1.807, 2.05) is 11.9 Å². The van der Waals surface area contributed by atoms with Crippen LogP contribution in [-0.4, -0.2) is 62.0 Å². The molecule has 1 aliphatic carbocycles. The fourth-order valence-corrected chi connectivity index (χ4v) is 2.74. The third-order valence-electron chi connectivity index (χ3n) is 4.26. The lowest BCUT2D eigenvalue weighted by Crippen LogP contribution is -2.44. The summed E-state index contributed by atoms with van der Waals surface area (Å²) in [6.07, 6.45) is 5.72. The molecule has 4 nitrogen and oxygen atoms in total. The lowest BCUT2D eigenvalue weighted by molar-refractivity contribution is -0.131. The largest absolute Gasteiger partial charge is 0.345 e. The second kappa shape index (κ2) is 7.10. The van der Waals surface area contributed by atoms with Crippen molar-refractivity contribution in [1.29, 1.82) is 0 Å². The Kier molecular flexibility index (Phi) is 5.45. The van der Waals surface area contributed by atoms with Crippen molar-refractivity contribution in [2.45, 2.75) is 32.1 Å². The van der Waals surface area contributed by atoms with Crippen molar-refractivity contribution in [3.05, 3.63) is 0 Å². The van der Waals surface area contributed by atoms with Gasteiger partial charge in [-0.1, -0.05) is 6.42 Å². The molecule has 0 aromatic rings. The summed E-state index contributed by atoms with van der Waals surface area (Å²) in [6.45, 7) is 6.50. The van der Waals surface area contributed by atoms with E-state index in [2.05, 4.69) is 10.2 Å². The van der Waals surface area contributed by atoms with Crippen LogP contribution in [0.5, 0.6) is 0 Å². The van der Waals surface area contributed by atoms with Crippen LogP contribution in [0.3, 0.4) is 0 Å². The van der Waals surface area contributed by atoms with Crippen molar-refractivity contribution in [3.8, 4) is 0 Å². The van der Waals surface area contributed by atoms with Crippen LogP contribution < -0.4 is 5.32 Å². The Morgan fingerprint density at radius 3 is 2.67 bits per heavy atom. The van der Waals surface area contributed by atoms with Crippen LogP contribution in [0.15, 0.2) is 0 Å². The zero-order valence-electron chi connectivity index (χ0n) is 11.7. The Bertz CT molecular complexity index is 260. The van der Waals surface area contributed by atoms with Crippen molar-refractivity contribution in [1.82, 2.24) is 15.1 Å². The molecular weight excluding hydrogens is 226 g/mol. The van der Waals surface area contributed by atoms with Crippen molar-refractivity contribution in [2.24, 2.45) is 5.92 Å². The van der Waals surface area contributed by atoms with Crippen LogP contribution in [-0.2, 0) is 4.79 Å². The Morgan fingerprint density at radius 2 is 2.06 bits per heavy atom. The fourth-order valence-electron chi connectivity index (χ4n) is 2.74. The first-order valence-electron chi connectivity index (χ1n) is 7.43. The summed E-state index contributed by atoms with van der Waals surface area (Å²) in [4.78, 5) is 16.4. The summed E-state index contributed by atoms with van der Waals surface area (Å²) in [5.41, 5.74) is 0. The highest BCUT2D eigenvalue weighted by Gasteiger charge is 2.21. The average Bonchev–Trinajstić information content (AvgIpc) is 2.34. The molecule has 2 fully saturated rings. The third kappa shape index (κ3) is 4.25. The number of nitrogens with one attached hydrogen (secondary N) is 1. The molecular formula is C14H27N3O. The lowest BCUT2D eigenvalue weighted by Gasteiger charge is -2.30. The minimum absolute atomic E-state index is 0.331. The number of hydrogen-bond donors (Lipinski definition) is 1. The highest BCUT2D eigenvalue weighted by atomic mass is 16.2. The SMILES string of the molecule is CN(CC1CCC1)C(=O)CCCN1CCNCC1. The van der Waals surface area contributed by atoms with E-state index < -0.39 is 0 Å². The average molecular weight is 253 g/mol. The molecule has 104 valence electrons. The van der Waals surface area contributed by atoms with E-state index in [1.165, 1.54) is 19.3 Å². The van der Waals surface area contributed by atoms with Gasteiger partial charge >= 0.3 is 0 Å². The van der Waals surface area contributed by atoms with Crippen molar-refractivity contribution < 1.29 is 4.79 Å². The van der Waals surface area contributed by atoms with Gasteiger partial charge in [-0.2, -0.15) is 0 Å². The number of piperazine rings is 1. The number of carbonyl (C=O) groups is 1. The molecule has 1 N–H and O–H groups in total. The molecule has 4 heteroatoms. The minimum atomic E-state index is 0.331. The molecule has 0 spiro atoms. The fraction of sp³-hybridized carbons (Fsp3) is 0.929. The first-order valence-corrected chi connectivity index (χ1v) is 7.43. The summed E-state index contributed by atoms with van der Waals surface area (Å²) in [5.74, 6) is 1.11. The molecule has 1 saturated carbocycles. The van der Waals surface area contributed by atoms with Gasteiger partial charge in [-0.05, 0) is 31.7 Å². The van der Waals surface area contributed by atoms with Crippen LogP contribution in [0.2, 0.25) is 0 Å². The number of amides is 1. The topological polar surface area (TPSA) is 35.6 Å². The second-order valence-corrected chi connectivity index (χ2v) is 5.77. The molecule has 18 heavy (non-hydrogen) atoms. The van der Waals surface area contributed by atoms with Gasteiger partial charge in [0.1, 0.15) is 0 Å². The molecule has 0 radical (unpaired) electrons. The number of hydrogen-bond acceptors (Lipinski definition) is 3. The maximum Gasteiger partial charge on any atom is 0.222 e. The van der Waals surface area contributed by atoms with Crippen LogP contribution in [0.1, 0.15) is 32.1 Å². The summed E-state index contributed by atoms with van der Waals surface area (Å²) in [5, 5.41) is 3.35. The van der Waals surface area contributed by atoms with Crippen LogP contribution in [0, 0.1) is 5.92 Å². The normalized spacial score (nSPS) is 21.6. The van der Waals surface area contributed by atoms with E-state index in [1.54, 1.807) is 0 Å². The minimum Gasteiger partial charge on any atom is -0.345 e. The van der Waals surface area contributed by atoms with E-state index in [-0.39, 0.29) is 0 Å². The molecule has 1 saturated heterocycles. The van der Waals surface area contributed by atoms with E-state index in [9.17, 15) is 4.79 Å². The van der Waals surface area contributed by atoms with Gasteiger partial charge in [0.2, 0.25) is 5.91 Å². The van der Waals surface area contributed by atoms with Gasteiger partial charge in [0.05, 0.1) is 0 Å². The first-order chi connectivity index (χ1) is 8.75. The number of carbonyl (C=O) groups excluding carboxylic acids is 1. The van der Waals surface area contributed by atoms with Gasteiger partial charge in [0, 0.05) is 46.2 Å². The molecule has 2 aliphatic rings. The maximum absolute atomic E-state index is 12.0. The van der Waals surface area contributed by atoms with Crippen LogP contribution in [0.25, 0.3) is 0 Å². The number of rotatable bonds is 6. The maximum atomic E-state index is 12.0. The molecule has 2 rings (SSSR count). The standard InChI is InChI=1S/C14H27N3O/c1-16(12-13-4-2-5-13)14(18)6-3-9-17-10-7-15-8-11-17/h13,15H,2-12H2,1H3. The van der Waals surface area contributed by atoms with Crippen molar-refractivity contribution in [2.75, 3.05) is 46.3 Å². The van der Waals surface area contributed by atoms with Crippen LogP contribution >= 0.6 is 0 Å². The Hall–Kier alpha value is -0.610. The molecule has 0 atom stereocenters. The molecule has 1 amide bonds. The number of nitrogens with zero attached hydrogens (tertiary/aromatic N) is 2. The Morgan fingerprint density at radius 1 is 1.33 bits per heavy atom. The van der Waals surface area contributed by atoms with Gasteiger partial charge in [-0.15, -0.1) is 0 Å². The second-order valence-electron chi connectivity index (χ2n) is 5.77. The summed E-state index contributed by atoms with van der Waals surface area (Å²) in [7, 11) is 1.96. The van der Waals surface area contributed by atoms with Crippen molar-refractivity contribution in [3.63, 3.8) is 0 Å². The smallest absolute Gasteiger partial charge is 0.222 e. The van der Waals surface area contributed by atoms with Gasteiger partial charge in [0.15, 0.2) is 0 Å². The van der Waals surface area contributed by atoms with E-state index in [0.29, 0.717) is 12.3 Å². The zero-order chi connectivity index (χ0) is 12.8. The van der Waals surface area contributed by atoms with E-state index in [4.69, 9.17) is 0 Å². The van der Waals surface area contributed by atoms with Gasteiger partial charge in [-0.3, -0.25) is 4.79 Å². The predicted octanol–water partition coefficient (Wildman–Crippen LogP) is 0.930. The molecule has 0 aromatic heterocycles. The first kappa shape index (κ1) is 13.8. The van der Waals surface area contributed by atoms with Gasteiger partial charge < -0.3 is 15.1 Å². The lowest BCUT2D eigenvalue weighted by atomic mass is 9.85. The zero-order valence-corrected chi connectivity index (χ0v) is 11.7. The Labute approximate surface area is 111 Å².